The largest absolute Gasteiger partial charge is 0.365 e. The van der Waals surface area contributed by atoms with Crippen LogP contribution in [0.25, 0.3) is 0 Å². The van der Waals surface area contributed by atoms with Gasteiger partial charge in [-0.3, -0.25) is 4.79 Å². The normalized spacial score (nSPS) is 17.4. The highest BCUT2D eigenvalue weighted by molar-refractivity contribution is 7.10. The number of carbonyl (C=O) groups excluding carboxylic acids is 1. The molecule has 2 aromatic heterocycles. The van der Waals surface area contributed by atoms with E-state index in [0.29, 0.717) is 17.7 Å². The van der Waals surface area contributed by atoms with Gasteiger partial charge in [0.15, 0.2) is 11.5 Å². The fraction of sp³-hybridized carbons (Fsp3) is 0.385. The number of carbonyl (C=O) groups is 1. The zero-order chi connectivity index (χ0) is 15.5. The molecule has 0 aliphatic carbocycles. The molecule has 1 aliphatic heterocycles. The summed E-state index contributed by atoms with van der Waals surface area (Å²) in [5.41, 5.74) is 6.37. The lowest BCUT2D eigenvalue weighted by Gasteiger charge is -2.14. The maximum absolute atomic E-state index is 11.5. The van der Waals surface area contributed by atoms with Gasteiger partial charge >= 0.3 is 0 Å². The van der Waals surface area contributed by atoms with Crippen molar-refractivity contribution in [2.45, 2.75) is 19.4 Å². The smallest absolute Gasteiger partial charge is 0.271 e. The number of anilines is 3. The SMILES string of the molecule is Cc1cc(Nc2nc(N[C@H]3CCNC3)cnc2C(N)=O)sn1. The van der Waals surface area contributed by atoms with Crippen LogP contribution >= 0.6 is 11.5 Å². The highest BCUT2D eigenvalue weighted by Crippen LogP contribution is 2.23. The number of primary amides is 1. The molecule has 8 nitrogen and oxygen atoms in total. The van der Waals surface area contributed by atoms with Crippen molar-refractivity contribution in [1.29, 1.82) is 0 Å². The molecule has 1 aliphatic rings. The van der Waals surface area contributed by atoms with Gasteiger partial charge in [-0.1, -0.05) is 0 Å². The Kier molecular flexibility index (Phi) is 4.16. The molecular weight excluding hydrogens is 302 g/mol. The number of nitrogens with zero attached hydrogens (tertiary/aromatic N) is 3. The van der Waals surface area contributed by atoms with Crippen LogP contribution in [0, 0.1) is 6.92 Å². The maximum atomic E-state index is 11.5. The molecule has 1 fully saturated rings. The Morgan fingerprint density at radius 1 is 1.55 bits per heavy atom. The fourth-order valence-electron chi connectivity index (χ4n) is 2.25. The quantitative estimate of drug-likeness (QED) is 0.645. The van der Waals surface area contributed by atoms with Gasteiger partial charge in [0.05, 0.1) is 11.9 Å². The van der Waals surface area contributed by atoms with Crippen LogP contribution in [0.15, 0.2) is 12.3 Å². The Morgan fingerprint density at radius 2 is 2.41 bits per heavy atom. The highest BCUT2D eigenvalue weighted by Gasteiger charge is 2.18. The summed E-state index contributed by atoms with van der Waals surface area (Å²) in [7, 11) is 0. The number of nitrogens with two attached hydrogens (primary N) is 1. The summed E-state index contributed by atoms with van der Waals surface area (Å²) >= 11 is 1.29. The summed E-state index contributed by atoms with van der Waals surface area (Å²) in [5.74, 6) is 0.333. The molecule has 0 unspecified atom stereocenters. The van der Waals surface area contributed by atoms with E-state index in [4.69, 9.17) is 5.73 Å². The Morgan fingerprint density at radius 3 is 3.05 bits per heavy atom. The van der Waals surface area contributed by atoms with E-state index in [1.165, 1.54) is 17.7 Å². The topological polar surface area (TPSA) is 118 Å². The summed E-state index contributed by atoms with van der Waals surface area (Å²) < 4.78 is 4.18. The van der Waals surface area contributed by atoms with Gasteiger partial charge in [-0.15, -0.1) is 0 Å². The van der Waals surface area contributed by atoms with E-state index in [9.17, 15) is 4.79 Å². The van der Waals surface area contributed by atoms with Crippen LogP contribution in [0.2, 0.25) is 0 Å². The molecule has 0 aromatic carbocycles. The zero-order valence-electron chi connectivity index (χ0n) is 12.1. The van der Waals surface area contributed by atoms with E-state index in [-0.39, 0.29) is 5.69 Å². The summed E-state index contributed by atoms with van der Waals surface area (Å²) in [6, 6.07) is 2.19. The second kappa shape index (κ2) is 6.24. The fourth-order valence-corrected chi connectivity index (χ4v) is 2.91. The van der Waals surface area contributed by atoms with Gasteiger partial charge in [0.2, 0.25) is 0 Å². The number of hydrogen-bond acceptors (Lipinski definition) is 8. The number of amides is 1. The molecule has 22 heavy (non-hydrogen) atoms. The third kappa shape index (κ3) is 3.31. The minimum Gasteiger partial charge on any atom is -0.365 e. The van der Waals surface area contributed by atoms with E-state index in [1.807, 2.05) is 13.0 Å². The van der Waals surface area contributed by atoms with E-state index < -0.39 is 5.91 Å². The van der Waals surface area contributed by atoms with Crippen molar-refractivity contribution in [2.75, 3.05) is 23.7 Å². The molecule has 5 N–H and O–H groups in total. The van der Waals surface area contributed by atoms with Gasteiger partial charge in [0.1, 0.15) is 10.8 Å². The molecule has 116 valence electrons. The first-order valence-corrected chi connectivity index (χ1v) is 7.73. The van der Waals surface area contributed by atoms with E-state index in [1.54, 1.807) is 0 Å². The van der Waals surface area contributed by atoms with Gasteiger partial charge in [0, 0.05) is 12.6 Å². The molecule has 3 rings (SSSR count). The van der Waals surface area contributed by atoms with Gasteiger partial charge in [-0.05, 0) is 37.5 Å². The summed E-state index contributed by atoms with van der Waals surface area (Å²) in [4.78, 5) is 20.1. The van der Waals surface area contributed by atoms with Gasteiger partial charge in [-0.25, -0.2) is 9.97 Å². The third-order valence-corrected chi connectivity index (χ3v) is 4.08. The van der Waals surface area contributed by atoms with Crippen molar-refractivity contribution in [3.8, 4) is 0 Å². The van der Waals surface area contributed by atoms with E-state index in [0.717, 1.165) is 30.2 Å². The molecular formula is C13H17N7OS. The average molecular weight is 319 g/mol. The Bertz CT molecular complexity index is 681. The van der Waals surface area contributed by atoms with E-state index >= 15 is 0 Å². The number of nitrogens with one attached hydrogen (secondary N) is 3. The lowest BCUT2D eigenvalue weighted by atomic mass is 10.2. The molecule has 2 aromatic rings. The predicted octanol–water partition coefficient (Wildman–Crippen LogP) is 0.858. The Labute approximate surface area is 131 Å². The molecule has 0 saturated carbocycles. The van der Waals surface area contributed by atoms with Gasteiger partial charge < -0.3 is 21.7 Å². The minimum atomic E-state index is -0.620. The molecule has 1 amide bonds. The Balaban J connectivity index is 1.84. The minimum absolute atomic E-state index is 0.112. The number of aryl methyl sites for hydroxylation is 1. The van der Waals surface area contributed by atoms with Crippen molar-refractivity contribution >= 4 is 34.1 Å². The second-order valence-electron chi connectivity index (χ2n) is 5.11. The van der Waals surface area contributed by atoms with Crippen LogP contribution in [0.1, 0.15) is 22.6 Å². The van der Waals surface area contributed by atoms with Crippen molar-refractivity contribution < 1.29 is 4.79 Å². The van der Waals surface area contributed by atoms with Gasteiger partial charge in [-0.2, -0.15) is 4.37 Å². The van der Waals surface area contributed by atoms with Crippen molar-refractivity contribution in [1.82, 2.24) is 19.7 Å². The molecule has 1 saturated heterocycles. The van der Waals surface area contributed by atoms with Crippen LogP contribution in [0.4, 0.5) is 16.6 Å². The van der Waals surface area contributed by atoms with Crippen LogP contribution < -0.4 is 21.7 Å². The standard InChI is InChI=1S/C13H17N7OS/c1-7-4-10(22-20-7)19-13-11(12(14)21)16-6-9(18-13)17-8-2-3-15-5-8/h4,6,8,15H,2-3,5H2,1H3,(H2,14,21)(H2,17,18,19)/t8-/m0/s1. The highest BCUT2D eigenvalue weighted by atomic mass is 32.1. The average Bonchev–Trinajstić information content (AvgIpc) is 3.11. The number of hydrogen-bond donors (Lipinski definition) is 4. The maximum Gasteiger partial charge on any atom is 0.271 e. The molecule has 9 heteroatoms. The summed E-state index contributed by atoms with van der Waals surface area (Å²) in [5, 5.41) is 10.4. The predicted molar refractivity (Wildman–Crippen MR) is 85.6 cm³/mol. The third-order valence-electron chi connectivity index (χ3n) is 3.29. The summed E-state index contributed by atoms with van der Waals surface area (Å²) in [6.45, 7) is 3.76. The molecule has 3 heterocycles. The zero-order valence-corrected chi connectivity index (χ0v) is 12.9. The molecule has 0 bridgehead atoms. The van der Waals surface area contributed by atoms with Crippen LogP contribution in [-0.2, 0) is 0 Å². The van der Waals surface area contributed by atoms with Crippen molar-refractivity contribution in [3.05, 3.63) is 23.7 Å². The van der Waals surface area contributed by atoms with Crippen LogP contribution in [0.3, 0.4) is 0 Å². The first-order chi connectivity index (χ1) is 10.6. The number of rotatable bonds is 5. The van der Waals surface area contributed by atoms with Crippen molar-refractivity contribution in [2.24, 2.45) is 5.73 Å². The van der Waals surface area contributed by atoms with Crippen LogP contribution in [0.5, 0.6) is 0 Å². The first-order valence-electron chi connectivity index (χ1n) is 6.96. The van der Waals surface area contributed by atoms with Crippen LogP contribution in [-0.4, -0.2) is 39.4 Å². The number of aromatic nitrogens is 3. The Hall–Kier alpha value is -2.26. The summed E-state index contributed by atoms with van der Waals surface area (Å²) in [6.07, 6.45) is 2.55. The molecule has 0 radical (unpaired) electrons. The lowest BCUT2D eigenvalue weighted by Crippen LogP contribution is -2.24. The lowest BCUT2D eigenvalue weighted by molar-refractivity contribution is 0.0996. The molecule has 1 atom stereocenters. The second-order valence-corrected chi connectivity index (χ2v) is 5.91. The van der Waals surface area contributed by atoms with E-state index in [2.05, 4.69) is 30.3 Å². The van der Waals surface area contributed by atoms with Gasteiger partial charge in [0.25, 0.3) is 5.91 Å². The molecule has 0 spiro atoms. The monoisotopic (exact) mass is 319 g/mol. The van der Waals surface area contributed by atoms with Crippen molar-refractivity contribution in [3.63, 3.8) is 0 Å². The first kappa shape index (κ1) is 14.7.